The number of benzene rings is 2. The van der Waals surface area contributed by atoms with Gasteiger partial charge in [-0.2, -0.15) is 0 Å². The fourth-order valence-corrected chi connectivity index (χ4v) is 3.19. The van der Waals surface area contributed by atoms with Crippen LogP contribution in [0.2, 0.25) is 0 Å². The van der Waals surface area contributed by atoms with Gasteiger partial charge in [0.05, 0.1) is 18.1 Å². The van der Waals surface area contributed by atoms with E-state index in [0.29, 0.717) is 5.82 Å². The SMILES string of the molecule is CCCSc1ccc2[nH]c(C(O)c3ccc(OC)cc3)nc2c1. The van der Waals surface area contributed by atoms with Crippen molar-refractivity contribution < 1.29 is 9.84 Å². The summed E-state index contributed by atoms with van der Waals surface area (Å²) in [6.07, 6.45) is 0.366. The zero-order valence-electron chi connectivity index (χ0n) is 13.2. The summed E-state index contributed by atoms with van der Waals surface area (Å²) in [5.41, 5.74) is 2.60. The van der Waals surface area contributed by atoms with E-state index in [-0.39, 0.29) is 0 Å². The van der Waals surface area contributed by atoms with Crippen molar-refractivity contribution in [2.24, 2.45) is 0 Å². The van der Waals surface area contributed by atoms with Crippen LogP contribution in [0, 0.1) is 0 Å². The molecule has 0 radical (unpaired) electrons. The Hall–Kier alpha value is -1.98. The van der Waals surface area contributed by atoms with Gasteiger partial charge < -0.3 is 14.8 Å². The van der Waals surface area contributed by atoms with Crippen LogP contribution < -0.4 is 4.74 Å². The lowest BCUT2D eigenvalue weighted by molar-refractivity contribution is 0.211. The van der Waals surface area contributed by atoms with Crippen LogP contribution in [0.1, 0.15) is 30.8 Å². The summed E-state index contributed by atoms with van der Waals surface area (Å²) >= 11 is 1.82. The van der Waals surface area contributed by atoms with E-state index in [2.05, 4.69) is 29.0 Å². The van der Waals surface area contributed by atoms with Crippen molar-refractivity contribution in [3.63, 3.8) is 0 Å². The van der Waals surface area contributed by atoms with E-state index in [4.69, 9.17) is 4.74 Å². The number of fused-ring (bicyclic) bond motifs is 1. The number of aromatic amines is 1. The molecule has 0 aliphatic heterocycles. The Morgan fingerprint density at radius 3 is 2.70 bits per heavy atom. The Balaban J connectivity index is 1.86. The normalized spacial score (nSPS) is 12.5. The number of methoxy groups -OCH3 is 1. The number of aromatic nitrogens is 2. The molecule has 2 aromatic carbocycles. The number of thioether (sulfide) groups is 1. The lowest BCUT2D eigenvalue weighted by Crippen LogP contribution is -2.01. The van der Waals surface area contributed by atoms with E-state index in [1.54, 1.807) is 7.11 Å². The summed E-state index contributed by atoms with van der Waals surface area (Å²) in [6, 6.07) is 13.5. The van der Waals surface area contributed by atoms with Crippen molar-refractivity contribution in [1.82, 2.24) is 9.97 Å². The van der Waals surface area contributed by atoms with Gasteiger partial charge in [-0.05, 0) is 48.1 Å². The van der Waals surface area contributed by atoms with Gasteiger partial charge in [0.15, 0.2) is 0 Å². The van der Waals surface area contributed by atoms with Crippen LogP contribution in [-0.2, 0) is 0 Å². The highest BCUT2D eigenvalue weighted by atomic mass is 32.2. The lowest BCUT2D eigenvalue weighted by Gasteiger charge is -2.08. The van der Waals surface area contributed by atoms with Crippen LogP contribution in [0.4, 0.5) is 0 Å². The number of nitrogens with zero attached hydrogens (tertiary/aromatic N) is 1. The average Bonchev–Trinajstić information content (AvgIpc) is 3.02. The second-order valence-electron chi connectivity index (χ2n) is 5.33. The molecule has 0 saturated heterocycles. The number of ether oxygens (including phenoxy) is 1. The molecule has 0 aliphatic carbocycles. The Morgan fingerprint density at radius 1 is 1.22 bits per heavy atom. The molecule has 0 saturated carbocycles. The van der Waals surface area contributed by atoms with Crippen molar-refractivity contribution >= 4 is 22.8 Å². The third-order valence-corrected chi connectivity index (χ3v) is 4.84. The summed E-state index contributed by atoms with van der Waals surface area (Å²) in [5, 5.41) is 10.5. The molecule has 1 aromatic heterocycles. The highest BCUT2D eigenvalue weighted by Crippen LogP contribution is 2.27. The first-order chi connectivity index (χ1) is 11.2. The van der Waals surface area contributed by atoms with Crippen LogP contribution in [0.15, 0.2) is 47.4 Å². The molecule has 23 heavy (non-hydrogen) atoms. The van der Waals surface area contributed by atoms with E-state index < -0.39 is 6.10 Å². The van der Waals surface area contributed by atoms with E-state index in [0.717, 1.165) is 34.5 Å². The zero-order chi connectivity index (χ0) is 16.2. The summed E-state index contributed by atoms with van der Waals surface area (Å²) in [7, 11) is 1.62. The minimum absolute atomic E-state index is 0.558. The summed E-state index contributed by atoms with van der Waals surface area (Å²) in [5.74, 6) is 2.42. The number of hydrogen-bond donors (Lipinski definition) is 2. The van der Waals surface area contributed by atoms with Gasteiger partial charge in [0.1, 0.15) is 17.7 Å². The van der Waals surface area contributed by atoms with Gasteiger partial charge in [0.2, 0.25) is 0 Å². The standard InChI is InChI=1S/C18H20N2O2S/c1-3-10-23-14-8-9-15-16(11-14)20-18(19-15)17(21)12-4-6-13(22-2)7-5-12/h4-9,11,17,21H,3,10H2,1-2H3,(H,19,20). The molecule has 2 N–H and O–H groups in total. The minimum Gasteiger partial charge on any atom is -0.497 e. The Bertz CT molecular complexity index is 783. The van der Waals surface area contributed by atoms with Crippen LogP contribution in [0.3, 0.4) is 0 Å². The number of aliphatic hydroxyl groups excluding tert-OH is 1. The lowest BCUT2D eigenvalue weighted by atomic mass is 10.1. The average molecular weight is 328 g/mol. The van der Waals surface area contributed by atoms with E-state index >= 15 is 0 Å². The summed E-state index contributed by atoms with van der Waals surface area (Å²) in [4.78, 5) is 8.96. The molecule has 5 heteroatoms. The molecule has 0 bridgehead atoms. The molecule has 0 aliphatic rings. The first kappa shape index (κ1) is 15.9. The Kier molecular flexibility index (Phi) is 4.88. The molecule has 0 amide bonds. The topological polar surface area (TPSA) is 58.1 Å². The first-order valence-electron chi connectivity index (χ1n) is 7.65. The van der Waals surface area contributed by atoms with Gasteiger partial charge in [-0.1, -0.05) is 19.1 Å². The molecule has 0 fully saturated rings. The van der Waals surface area contributed by atoms with Gasteiger partial charge >= 0.3 is 0 Å². The molecule has 0 spiro atoms. The van der Waals surface area contributed by atoms with E-state index in [9.17, 15) is 5.11 Å². The maximum atomic E-state index is 10.5. The smallest absolute Gasteiger partial charge is 0.140 e. The molecular weight excluding hydrogens is 308 g/mol. The van der Waals surface area contributed by atoms with Gasteiger partial charge in [0.25, 0.3) is 0 Å². The monoisotopic (exact) mass is 328 g/mol. The summed E-state index contributed by atoms with van der Waals surface area (Å²) < 4.78 is 5.14. The molecule has 1 atom stereocenters. The van der Waals surface area contributed by atoms with Gasteiger partial charge in [-0.15, -0.1) is 11.8 Å². The fourth-order valence-electron chi connectivity index (χ4n) is 2.39. The first-order valence-corrected chi connectivity index (χ1v) is 8.64. The molecular formula is C18H20N2O2S. The molecule has 3 rings (SSSR count). The van der Waals surface area contributed by atoms with Crippen molar-refractivity contribution in [1.29, 1.82) is 0 Å². The van der Waals surface area contributed by atoms with Gasteiger partial charge in [-0.25, -0.2) is 4.98 Å². The number of H-pyrrole nitrogens is 1. The third kappa shape index (κ3) is 3.51. The maximum absolute atomic E-state index is 10.5. The van der Waals surface area contributed by atoms with Gasteiger partial charge in [-0.3, -0.25) is 0 Å². The number of rotatable bonds is 6. The van der Waals surface area contributed by atoms with Crippen LogP contribution in [0.5, 0.6) is 5.75 Å². The third-order valence-electron chi connectivity index (χ3n) is 3.64. The molecule has 1 heterocycles. The largest absolute Gasteiger partial charge is 0.497 e. The summed E-state index contributed by atoms with van der Waals surface area (Å²) in [6.45, 7) is 2.17. The second-order valence-corrected chi connectivity index (χ2v) is 6.49. The number of aliphatic hydroxyl groups is 1. The molecule has 120 valence electrons. The second kappa shape index (κ2) is 7.06. The van der Waals surface area contributed by atoms with Crippen molar-refractivity contribution in [2.75, 3.05) is 12.9 Å². The Morgan fingerprint density at radius 2 is 2.00 bits per heavy atom. The van der Waals surface area contributed by atoms with Crippen LogP contribution in [-0.4, -0.2) is 27.9 Å². The maximum Gasteiger partial charge on any atom is 0.140 e. The number of imidazole rings is 1. The van der Waals surface area contributed by atoms with Crippen molar-refractivity contribution in [3.8, 4) is 5.75 Å². The molecule has 4 nitrogen and oxygen atoms in total. The Labute approximate surface area is 139 Å². The van der Waals surface area contributed by atoms with Crippen molar-refractivity contribution in [3.05, 3.63) is 53.9 Å². The molecule has 3 aromatic rings. The quantitative estimate of drug-likeness (QED) is 0.667. The van der Waals surface area contributed by atoms with E-state index in [1.807, 2.05) is 42.1 Å². The number of nitrogens with one attached hydrogen (secondary N) is 1. The highest BCUT2D eigenvalue weighted by Gasteiger charge is 2.15. The van der Waals surface area contributed by atoms with Gasteiger partial charge in [0, 0.05) is 4.90 Å². The predicted octanol–water partition coefficient (Wildman–Crippen LogP) is 4.16. The van der Waals surface area contributed by atoms with E-state index in [1.165, 1.54) is 4.90 Å². The minimum atomic E-state index is -0.778. The highest BCUT2D eigenvalue weighted by molar-refractivity contribution is 7.99. The predicted molar refractivity (Wildman–Crippen MR) is 94.2 cm³/mol. The molecule has 1 unspecified atom stereocenters. The number of hydrogen-bond acceptors (Lipinski definition) is 4. The van der Waals surface area contributed by atoms with Crippen LogP contribution >= 0.6 is 11.8 Å². The van der Waals surface area contributed by atoms with Crippen molar-refractivity contribution in [2.45, 2.75) is 24.3 Å². The van der Waals surface area contributed by atoms with Crippen LogP contribution in [0.25, 0.3) is 11.0 Å². The zero-order valence-corrected chi connectivity index (χ0v) is 14.1. The fraction of sp³-hybridized carbons (Fsp3) is 0.278.